The predicted octanol–water partition coefficient (Wildman–Crippen LogP) is 3.27. The Morgan fingerprint density at radius 2 is 1.53 bits per heavy atom. The lowest BCUT2D eigenvalue weighted by atomic mass is 9.42. The summed E-state index contributed by atoms with van der Waals surface area (Å²) in [5.74, 6) is 0.363. The first kappa shape index (κ1) is 24.7. The lowest BCUT2D eigenvalue weighted by Crippen LogP contribution is -2.68. The molecule has 32 heavy (non-hydrogen) atoms. The Balaban J connectivity index is 1.64. The molecule has 4 saturated carbocycles. The highest BCUT2D eigenvalue weighted by Gasteiger charge is 2.70. The SMILES string of the molecule is CC(C)C(O)/C=C/[C@@H](C)[C@H]1CC(O)[C@@H]2[C@]1(C)CC[C@@H]1[C@@]3(C)CCC(O)C[C@@H]3C(O)C[C@]12O. The average molecular weight is 451 g/mol. The summed E-state index contributed by atoms with van der Waals surface area (Å²) in [4.78, 5) is 0. The Morgan fingerprint density at radius 1 is 0.875 bits per heavy atom. The summed E-state index contributed by atoms with van der Waals surface area (Å²) in [5.41, 5.74) is -1.51. The second kappa shape index (κ2) is 8.34. The Kier molecular flexibility index (Phi) is 6.42. The zero-order valence-corrected chi connectivity index (χ0v) is 20.6. The maximum absolute atomic E-state index is 12.3. The minimum Gasteiger partial charge on any atom is -0.393 e. The maximum Gasteiger partial charge on any atom is 0.0763 e. The van der Waals surface area contributed by atoms with Crippen LogP contribution >= 0.6 is 0 Å². The topological polar surface area (TPSA) is 101 Å². The van der Waals surface area contributed by atoms with Gasteiger partial charge < -0.3 is 25.5 Å². The van der Waals surface area contributed by atoms with Crippen LogP contribution in [0.3, 0.4) is 0 Å². The van der Waals surface area contributed by atoms with Crippen LogP contribution < -0.4 is 0 Å². The van der Waals surface area contributed by atoms with Gasteiger partial charge in [-0.3, -0.25) is 0 Å². The molecule has 0 radical (unpaired) electrons. The largest absolute Gasteiger partial charge is 0.393 e. The molecule has 0 aromatic heterocycles. The highest BCUT2D eigenvalue weighted by Crippen LogP contribution is 2.69. The van der Waals surface area contributed by atoms with Gasteiger partial charge >= 0.3 is 0 Å². The fraction of sp³-hybridized carbons (Fsp3) is 0.926. The van der Waals surface area contributed by atoms with Crippen LogP contribution in [0.2, 0.25) is 0 Å². The first-order valence-electron chi connectivity index (χ1n) is 13.0. The lowest BCUT2D eigenvalue weighted by molar-refractivity contribution is -0.263. The fourth-order valence-electron chi connectivity index (χ4n) is 8.98. The van der Waals surface area contributed by atoms with Gasteiger partial charge in [0, 0.05) is 12.3 Å². The molecule has 0 aromatic carbocycles. The summed E-state index contributed by atoms with van der Waals surface area (Å²) in [6.45, 7) is 10.6. The standard InChI is InChI=1S/C27H46O5/c1-15(2)20(29)7-6-16(3)18-13-21(30)24-26(18,5)11-9-23-25(4)10-8-17(28)12-19(25)22(31)14-27(23,24)32/h6-7,15-24,28-32H,8-14H2,1-5H3/b7-6+/t16-,17?,18-,19-,20?,21?,22?,23-,24-,25+,26-,27+/m1/s1. The van der Waals surface area contributed by atoms with Crippen LogP contribution in [-0.4, -0.2) is 55.5 Å². The average Bonchev–Trinajstić information content (AvgIpc) is 2.98. The summed E-state index contributed by atoms with van der Waals surface area (Å²) in [5, 5.41) is 55.3. The van der Waals surface area contributed by atoms with Crippen LogP contribution in [0.4, 0.5) is 0 Å². The third-order valence-corrected chi connectivity index (χ3v) is 10.7. The summed E-state index contributed by atoms with van der Waals surface area (Å²) in [6.07, 6.45) is 6.86. The molecule has 4 aliphatic carbocycles. The summed E-state index contributed by atoms with van der Waals surface area (Å²) < 4.78 is 0. The van der Waals surface area contributed by atoms with Crippen molar-refractivity contribution in [3.05, 3.63) is 12.2 Å². The van der Waals surface area contributed by atoms with Crippen molar-refractivity contribution < 1.29 is 25.5 Å². The molecule has 5 heteroatoms. The number of rotatable bonds is 4. The third-order valence-electron chi connectivity index (χ3n) is 10.7. The van der Waals surface area contributed by atoms with E-state index in [1.54, 1.807) is 0 Å². The van der Waals surface area contributed by atoms with E-state index < -0.39 is 23.9 Å². The zero-order chi connectivity index (χ0) is 23.6. The normalized spacial score (nSPS) is 53.0. The summed E-state index contributed by atoms with van der Waals surface area (Å²) in [7, 11) is 0. The van der Waals surface area contributed by atoms with E-state index >= 15 is 0 Å². The number of hydrogen-bond acceptors (Lipinski definition) is 5. The van der Waals surface area contributed by atoms with Crippen molar-refractivity contribution in [2.24, 2.45) is 46.3 Å². The maximum atomic E-state index is 12.3. The first-order valence-corrected chi connectivity index (χ1v) is 13.0. The number of fused-ring (bicyclic) bond motifs is 5. The van der Waals surface area contributed by atoms with Crippen molar-refractivity contribution in [1.29, 1.82) is 0 Å². The van der Waals surface area contributed by atoms with Gasteiger partial charge in [-0.25, -0.2) is 0 Å². The van der Waals surface area contributed by atoms with Gasteiger partial charge in [-0.1, -0.05) is 46.8 Å². The van der Waals surface area contributed by atoms with Gasteiger partial charge in [0.1, 0.15) is 0 Å². The molecular weight excluding hydrogens is 404 g/mol. The minimum absolute atomic E-state index is 0.00889. The molecule has 5 nitrogen and oxygen atoms in total. The molecule has 4 aliphatic rings. The van der Waals surface area contributed by atoms with Gasteiger partial charge in [0.05, 0.1) is 30.0 Å². The Labute approximate surface area is 193 Å². The molecule has 4 rings (SSSR count). The van der Waals surface area contributed by atoms with Gasteiger partial charge in [-0.2, -0.15) is 0 Å². The Hall–Kier alpha value is -0.460. The molecule has 0 aromatic rings. The highest BCUT2D eigenvalue weighted by molar-refractivity contribution is 5.20. The molecule has 0 aliphatic heterocycles. The van der Waals surface area contributed by atoms with Crippen molar-refractivity contribution in [1.82, 2.24) is 0 Å². The quantitative estimate of drug-likeness (QED) is 0.423. The number of allylic oxidation sites excluding steroid dienone is 1. The molecule has 4 unspecified atom stereocenters. The Bertz CT molecular complexity index is 723. The second-order valence-electron chi connectivity index (χ2n) is 12.8. The monoisotopic (exact) mass is 450 g/mol. The van der Waals surface area contributed by atoms with E-state index in [1.165, 1.54) is 0 Å². The van der Waals surface area contributed by atoms with Gasteiger partial charge in [0.2, 0.25) is 0 Å². The van der Waals surface area contributed by atoms with Gasteiger partial charge in [0.15, 0.2) is 0 Å². The van der Waals surface area contributed by atoms with Crippen LogP contribution in [0.5, 0.6) is 0 Å². The van der Waals surface area contributed by atoms with Crippen molar-refractivity contribution in [3.8, 4) is 0 Å². The lowest BCUT2D eigenvalue weighted by Gasteiger charge is -2.66. The van der Waals surface area contributed by atoms with Crippen molar-refractivity contribution in [2.45, 2.75) is 110 Å². The van der Waals surface area contributed by atoms with E-state index in [9.17, 15) is 25.5 Å². The van der Waals surface area contributed by atoms with Gasteiger partial charge in [-0.15, -0.1) is 0 Å². The number of aliphatic hydroxyl groups is 5. The summed E-state index contributed by atoms with van der Waals surface area (Å²) in [6, 6.07) is 0. The molecule has 184 valence electrons. The van der Waals surface area contributed by atoms with Crippen LogP contribution in [0.1, 0.15) is 79.6 Å². The minimum atomic E-state index is -1.09. The van der Waals surface area contributed by atoms with Crippen molar-refractivity contribution >= 4 is 0 Å². The predicted molar refractivity (Wildman–Crippen MR) is 125 cm³/mol. The van der Waals surface area contributed by atoms with Crippen LogP contribution in [0.25, 0.3) is 0 Å². The molecular formula is C27H46O5. The molecule has 12 atom stereocenters. The first-order chi connectivity index (χ1) is 14.8. The van der Waals surface area contributed by atoms with Crippen molar-refractivity contribution in [2.75, 3.05) is 0 Å². The van der Waals surface area contributed by atoms with E-state index in [4.69, 9.17) is 0 Å². The third kappa shape index (κ3) is 3.62. The fourth-order valence-corrected chi connectivity index (χ4v) is 8.98. The van der Waals surface area contributed by atoms with E-state index in [0.29, 0.717) is 19.3 Å². The molecule has 0 bridgehead atoms. The van der Waals surface area contributed by atoms with E-state index in [2.05, 4.69) is 26.8 Å². The van der Waals surface area contributed by atoms with Crippen LogP contribution in [0, 0.1) is 46.3 Å². The Morgan fingerprint density at radius 3 is 2.19 bits per heavy atom. The molecule has 5 N–H and O–H groups in total. The van der Waals surface area contributed by atoms with E-state index in [0.717, 1.165) is 25.7 Å². The highest BCUT2D eigenvalue weighted by atomic mass is 16.3. The van der Waals surface area contributed by atoms with Crippen LogP contribution in [-0.2, 0) is 0 Å². The molecule has 4 fully saturated rings. The van der Waals surface area contributed by atoms with Crippen LogP contribution in [0.15, 0.2) is 12.2 Å². The second-order valence-corrected chi connectivity index (χ2v) is 12.8. The van der Waals surface area contributed by atoms with E-state index in [1.807, 2.05) is 19.9 Å². The zero-order valence-electron chi connectivity index (χ0n) is 20.6. The molecule has 0 saturated heterocycles. The summed E-state index contributed by atoms with van der Waals surface area (Å²) >= 11 is 0. The smallest absolute Gasteiger partial charge is 0.0763 e. The molecule has 0 spiro atoms. The molecule has 0 amide bonds. The van der Waals surface area contributed by atoms with Gasteiger partial charge in [0.25, 0.3) is 0 Å². The van der Waals surface area contributed by atoms with Crippen molar-refractivity contribution in [3.63, 3.8) is 0 Å². The number of aliphatic hydroxyl groups excluding tert-OH is 4. The molecule has 0 heterocycles. The van der Waals surface area contributed by atoms with E-state index in [-0.39, 0.29) is 52.4 Å². The number of hydrogen-bond donors (Lipinski definition) is 5. The van der Waals surface area contributed by atoms with Gasteiger partial charge in [-0.05, 0) is 78.9 Å².